The van der Waals surface area contributed by atoms with Gasteiger partial charge in [-0.3, -0.25) is 4.90 Å². The van der Waals surface area contributed by atoms with E-state index in [1.54, 1.807) is 0 Å². The summed E-state index contributed by atoms with van der Waals surface area (Å²) in [6.45, 7) is 4.84. The Labute approximate surface area is 132 Å². The predicted octanol–water partition coefficient (Wildman–Crippen LogP) is 2.64. The summed E-state index contributed by atoms with van der Waals surface area (Å²) in [7, 11) is 2.06. The Bertz CT molecular complexity index is 581. The van der Waals surface area contributed by atoms with Crippen LogP contribution in [0.25, 0.3) is 0 Å². The molecule has 4 heteroatoms. The molecule has 118 valence electrons. The Hall–Kier alpha value is -1.65. The number of imidazole rings is 1. The summed E-state index contributed by atoms with van der Waals surface area (Å²) in [6.07, 6.45) is 6.35. The highest BCUT2D eigenvalue weighted by atomic mass is 16.5. The van der Waals surface area contributed by atoms with Crippen LogP contribution in [0, 0.1) is 0 Å². The lowest BCUT2D eigenvalue weighted by Crippen LogP contribution is -2.38. The van der Waals surface area contributed by atoms with Crippen molar-refractivity contribution in [2.75, 3.05) is 13.2 Å². The minimum Gasteiger partial charge on any atom is -0.377 e. The van der Waals surface area contributed by atoms with Gasteiger partial charge in [0.2, 0.25) is 0 Å². The molecule has 1 aliphatic heterocycles. The Morgan fingerprint density at radius 2 is 2.09 bits per heavy atom. The van der Waals surface area contributed by atoms with Crippen molar-refractivity contribution in [3.63, 3.8) is 0 Å². The summed E-state index contributed by atoms with van der Waals surface area (Å²) in [4.78, 5) is 7.00. The van der Waals surface area contributed by atoms with Gasteiger partial charge in [0.05, 0.1) is 12.6 Å². The first-order valence-corrected chi connectivity index (χ1v) is 8.13. The summed E-state index contributed by atoms with van der Waals surface area (Å²) in [5.41, 5.74) is 1.38. The van der Waals surface area contributed by atoms with Crippen LogP contribution in [0.4, 0.5) is 0 Å². The minimum absolute atomic E-state index is 0.325. The molecule has 0 unspecified atom stereocenters. The van der Waals surface area contributed by atoms with Crippen LogP contribution in [0.15, 0.2) is 42.7 Å². The third kappa shape index (κ3) is 3.39. The zero-order chi connectivity index (χ0) is 15.4. The Morgan fingerprint density at radius 3 is 2.77 bits per heavy atom. The second kappa shape index (κ2) is 7.07. The minimum atomic E-state index is 0.325. The molecule has 0 amide bonds. The van der Waals surface area contributed by atoms with Crippen LogP contribution in [-0.4, -0.2) is 39.7 Å². The molecule has 0 spiro atoms. The molecule has 1 fully saturated rings. The molecule has 2 heterocycles. The second-order valence-corrected chi connectivity index (χ2v) is 5.96. The average molecular weight is 299 g/mol. The predicted molar refractivity (Wildman–Crippen MR) is 87.6 cm³/mol. The smallest absolute Gasteiger partial charge is 0.122 e. The van der Waals surface area contributed by atoms with E-state index in [9.17, 15) is 0 Å². The molecule has 0 N–H and O–H groups in total. The van der Waals surface area contributed by atoms with Crippen molar-refractivity contribution in [1.29, 1.82) is 0 Å². The van der Waals surface area contributed by atoms with Crippen molar-refractivity contribution in [3.05, 3.63) is 54.1 Å². The van der Waals surface area contributed by atoms with Crippen LogP contribution in [0.2, 0.25) is 0 Å². The first-order valence-electron chi connectivity index (χ1n) is 8.13. The average Bonchev–Trinajstić information content (AvgIpc) is 3.10. The molecule has 1 saturated heterocycles. The normalized spacial score (nSPS) is 22.3. The highest BCUT2D eigenvalue weighted by Crippen LogP contribution is 2.26. The van der Waals surface area contributed by atoms with E-state index in [1.807, 2.05) is 12.4 Å². The molecule has 22 heavy (non-hydrogen) atoms. The highest BCUT2D eigenvalue weighted by Gasteiger charge is 2.35. The summed E-state index contributed by atoms with van der Waals surface area (Å²) in [6, 6.07) is 11.1. The molecule has 1 aromatic heterocycles. The number of aromatic nitrogens is 2. The number of nitrogens with zero attached hydrogens (tertiary/aromatic N) is 3. The molecule has 1 aliphatic rings. The molecule has 2 atom stereocenters. The lowest BCUT2D eigenvalue weighted by molar-refractivity contribution is 0.0325. The first kappa shape index (κ1) is 15.3. The van der Waals surface area contributed by atoms with Gasteiger partial charge in [-0.1, -0.05) is 30.3 Å². The van der Waals surface area contributed by atoms with E-state index in [0.717, 1.165) is 38.4 Å². The first-order chi connectivity index (χ1) is 10.8. The molecule has 3 rings (SSSR count). The number of hydrogen-bond acceptors (Lipinski definition) is 3. The van der Waals surface area contributed by atoms with Gasteiger partial charge in [0.1, 0.15) is 5.82 Å². The zero-order valence-electron chi connectivity index (χ0n) is 13.5. The van der Waals surface area contributed by atoms with Gasteiger partial charge in [-0.05, 0) is 25.3 Å². The molecule has 0 saturated carbocycles. The van der Waals surface area contributed by atoms with E-state index in [-0.39, 0.29) is 0 Å². The standard InChI is InChI=1S/C18H25N3O/c1-3-22-17-9-11-21(14-18-19-10-12-20(18)2)16(17)13-15-7-5-4-6-8-15/h4-8,10,12,16-17H,3,9,11,13-14H2,1-2H3/t16-,17-/m0/s1. The SMILES string of the molecule is CCO[C@H]1CCN(Cc2nccn2C)[C@H]1Cc1ccccc1. The van der Waals surface area contributed by atoms with Crippen molar-refractivity contribution in [3.8, 4) is 0 Å². The van der Waals surface area contributed by atoms with Crippen LogP contribution in [0.5, 0.6) is 0 Å². The van der Waals surface area contributed by atoms with Crippen molar-refractivity contribution >= 4 is 0 Å². The van der Waals surface area contributed by atoms with Crippen LogP contribution in [-0.2, 0) is 24.8 Å². The van der Waals surface area contributed by atoms with Crippen molar-refractivity contribution < 1.29 is 4.74 Å². The second-order valence-electron chi connectivity index (χ2n) is 5.96. The van der Waals surface area contributed by atoms with Gasteiger partial charge in [0.25, 0.3) is 0 Å². The summed E-state index contributed by atoms with van der Waals surface area (Å²) in [5, 5.41) is 0. The van der Waals surface area contributed by atoms with Gasteiger partial charge in [-0.2, -0.15) is 0 Å². The Morgan fingerprint density at radius 1 is 1.27 bits per heavy atom. The van der Waals surface area contributed by atoms with Crippen molar-refractivity contribution in [2.24, 2.45) is 7.05 Å². The van der Waals surface area contributed by atoms with Gasteiger partial charge < -0.3 is 9.30 Å². The van der Waals surface area contributed by atoms with E-state index in [0.29, 0.717) is 12.1 Å². The van der Waals surface area contributed by atoms with E-state index >= 15 is 0 Å². The van der Waals surface area contributed by atoms with Gasteiger partial charge in [0, 0.05) is 38.6 Å². The molecule has 2 aromatic rings. The number of ether oxygens (including phenoxy) is 1. The van der Waals surface area contributed by atoms with Gasteiger partial charge in [-0.15, -0.1) is 0 Å². The molecule has 0 bridgehead atoms. The lowest BCUT2D eigenvalue weighted by Gasteiger charge is -2.28. The largest absolute Gasteiger partial charge is 0.377 e. The third-order valence-corrected chi connectivity index (χ3v) is 4.53. The number of likely N-dealkylation sites (tertiary alicyclic amines) is 1. The van der Waals surface area contributed by atoms with E-state index in [2.05, 4.69) is 58.8 Å². The summed E-state index contributed by atoms with van der Waals surface area (Å²) < 4.78 is 8.10. The summed E-state index contributed by atoms with van der Waals surface area (Å²) >= 11 is 0. The van der Waals surface area contributed by atoms with Crippen molar-refractivity contribution in [1.82, 2.24) is 14.5 Å². The number of rotatable bonds is 6. The maximum Gasteiger partial charge on any atom is 0.122 e. The topological polar surface area (TPSA) is 30.3 Å². The number of benzene rings is 1. The Kier molecular flexibility index (Phi) is 4.90. The zero-order valence-corrected chi connectivity index (χ0v) is 13.5. The third-order valence-electron chi connectivity index (χ3n) is 4.53. The molecule has 0 aliphatic carbocycles. The number of aryl methyl sites for hydroxylation is 1. The van der Waals surface area contributed by atoms with Crippen LogP contribution >= 0.6 is 0 Å². The summed E-state index contributed by atoms with van der Waals surface area (Å²) in [5.74, 6) is 1.12. The van der Waals surface area contributed by atoms with Crippen molar-refractivity contribution in [2.45, 2.75) is 38.5 Å². The fourth-order valence-electron chi connectivity index (χ4n) is 3.34. The lowest BCUT2D eigenvalue weighted by atomic mass is 10.0. The van der Waals surface area contributed by atoms with Gasteiger partial charge in [-0.25, -0.2) is 4.98 Å². The fraction of sp³-hybridized carbons (Fsp3) is 0.500. The van der Waals surface area contributed by atoms with E-state index in [1.165, 1.54) is 5.56 Å². The molecule has 0 radical (unpaired) electrons. The molecule has 4 nitrogen and oxygen atoms in total. The Balaban J connectivity index is 1.74. The molecular weight excluding hydrogens is 274 g/mol. The monoisotopic (exact) mass is 299 g/mol. The fourth-order valence-corrected chi connectivity index (χ4v) is 3.34. The van der Waals surface area contributed by atoms with Crippen LogP contribution in [0.1, 0.15) is 24.7 Å². The quantitative estimate of drug-likeness (QED) is 0.821. The maximum atomic E-state index is 6.00. The van der Waals surface area contributed by atoms with Crippen LogP contribution in [0.3, 0.4) is 0 Å². The van der Waals surface area contributed by atoms with E-state index < -0.39 is 0 Å². The maximum absolute atomic E-state index is 6.00. The van der Waals surface area contributed by atoms with Gasteiger partial charge >= 0.3 is 0 Å². The number of hydrogen-bond donors (Lipinski definition) is 0. The highest BCUT2D eigenvalue weighted by molar-refractivity contribution is 5.17. The van der Waals surface area contributed by atoms with Gasteiger partial charge in [0.15, 0.2) is 0 Å². The molecular formula is C18H25N3O. The molecule has 1 aromatic carbocycles. The van der Waals surface area contributed by atoms with E-state index in [4.69, 9.17) is 4.74 Å². The van der Waals surface area contributed by atoms with Crippen LogP contribution < -0.4 is 0 Å².